The average molecular weight is 376 g/mol. The summed E-state index contributed by atoms with van der Waals surface area (Å²) < 4.78 is 5.67. The van der Waals surface area contributed by atoms with Gasteiger partial charge >= 0.3 is 0 Å². The SMILES string of the molecule is CCOc1ccccc1Nc1nccc(N2CCN(c3ccccn3)CC2)n1. The fourth-order valence-corrected chi connectivity index (χ4v) is 3.26. The van der Waals surface area contributed by atoms with Gasteiger partial charge in [-0.3, -0.25) is 0 Å². The number of hydrogen-bond acceptors (Lipinski definition) is 7. The third kappa shape index (κ3) is 4.14. The summed E-state index contributed by atoms with van der Waals surface area (Å²) in [6.45, 7) is 6.19. The number of para-hydroxylation sites is 2. The molecule has 0 bridgehead atoms. The minimum absolute atomic E-state index is 0.566. The summed E-state index contributed by atoms with van der Waals surface area (Å²) in [5.74, 6) is 3.31. The molecule has 1 N–H and O–H groups in total. The van der Waals surface area contributed by atoms with Crippen molar-refractivity contribution in [2.45, 2.75) is 6.92 Å². The molecule has 0 aliphatic carbocycles. The molecule has 7 nitrogen and oxygen atoms in total. The Labute approximate surface area is 165 Å². The molecule has 0 atom stereocenters. The van der Waals surface area contributed by atoms with Gasteiger partial charge in [0.05, 0.1) is 12.3 Å². The highest BCUT2D eigenvalue weighted by Gasteiger charge is 2.19. The number of hydrogen-bond donors (Lipinski definition) is 1. The van der Waals surface area contributed by atoms with Crippen molar-refractivity contribution in [3.05, 3.63) is 60.9 Å². The highest BCUT2D eigenvalue weighted by molar-refractivity contribution is 5.63. The maximum atomic E-state index is 5.67. The summed E-state index contributed by atoms with van der Waals surface area (Å²) in [5.41, 5.74) is 0.862. The molecule has 0 amide bonds. The summed E-state index contributed by atoms with van der Waals surface area (Å²) in [5, 5.41) is 3.28. The molecule has 0 spiro atoms. The summed E-state index contributed by atoms with van der Waals surface area (Å²) in [6, 6.07) is 15.8. The van der Waals surface area contributed by atoms with E-state index in [0.717, 1.165) is 49.3 Å². The van der Waals surface area contributed by atoms with Crippen LogP contribution in [0.4, 0.5) is 23.3 Å². The zero-order chi connectivity index (χ0) is 19.2. The van der Waals surface area contributed by atoms with Crippen LogP contribution in [-0.4, -0.2) is 47.7 Å². The van der Waals surface area contributed by atoms with Gasteiger partial charge in [-0.15, -0.1) is 0 Å². The average Bonchev–Trinajstić information content (AvgIpc) is 2.76. The number of anilines is 4. The van der Waals surface area contributed by atoms with Crippen LogP contribution in [0, 0.1) is 0 Å². The standard InChI is InChI=1S/C21H24N6O/c1-2-28-18-8-4-3-7-17(18)24-21-23-12-10-20(25-21)27-15-13-26(14-16-27)19-9-5-6-11-22-19/h3-12H,2,13-16H2,1H3,(H,23,24,25). The Morgan fingerprint density at radius 2 is 1.61 bits per heavy atom. The van der Waals surface area contributed by atoms with Crippen LogP contribution < -0.4 is 19.9 Å². The van der Waals surface area contributed by atoms with Gasteiger partial charge in [0.25, 0.3) is 0 Å². The van der Waals surface area contributed by atoms with Crippen LogP contribution in [-0.2, 0) is 0 Å². The first kappa shape index (κ1) is 18.0. The molecule has 144 valence electrons. The molecule has 1 saturated heterocycles. The van der Waals surface area contributed by atoms with E-state index in [-0.39, 0.29) is 0 Å². The number of pyridine rings is 1. The Bertz CT molecular complexity index is 896. The van der Waals surface area contributed by atoms with Gasteiger partial charge in [0.1, 0.15) is 17.4 Å². The Morgan fingerprint density at radius 1 is 0.857 bits per heavy atom. The molecule has 1 fully saturated rings. The summed E-state index contributed by atoms with van der Waals surface area (Å²) in [7, 11) is 0. The van der Waals surface area contributed by atoms with Gasteiger partial charge in [-0.05, 0) is 37.3 Å². The predicted molar refractivity (Wildman–Crippen MR) is 112 cm³/mol. The van der Waals surface area contributed by atoms with E-state index in [1.807, 2.05) is 55.6 Å². The lowest BCUT2D eigenvalue weighted by Crippen LogP contribution is -2.47. The highest BCUT2D eigenvalue weighted by atomic mass is 16.5. The number of rotatable bonds is 6. The minimum atomic E-state index is 0.566. The normalized spacial score (nSPS) is 14.0. The van der Waals surface area contributed by atoms with Gasteiger partial charge in [-0.2, -0.15) is 4.98 Å². The lowest BCUT2D eigenvalue weighted by Gasteiger charge is -2.36. The first-order chi connectivity index (χ1) is 13.8. The molecule has 3 heterocycles. The van der Waals surface area contributed by atoms with E-state index < -0.39 is 0 Å². The number of aromatic nitrogens is 3. The van der Waals surface area contributed by atoms with E-state index in [0.29, 0.717) is 12.6 Å². The molecule has 7 heteroatoms. The van der Waals surface area contributed by atoms with E-state index in [1.54, 1.807) is 6.20 Å². The summed E-state index contributed by atoms with van der Waals surface area (Å²) >= 11 is 0. The maximum Gasteiger partial charge on any atom is 0.229 e. The van der Waals surface area contributed by atoms with E-state index in [1.165, 1.54) is 0 Å². The maximum absolute atomic E-state index is 5.67. The largest absolute Gasteiger partial charge is 0.492 e. The number of benzene rings is 1. The zero-order valence-corrected chi connectivity index (χ0v) is 16.0. The van der Waals surface area contributed by atoms with Gasteiger partial charge in [0.15, 0.2) is 0 Å². The van der Waals surface area contributed by atoms with Crippen molar-refractivity contribution in [3.63, 3.8) is 0 Å². The van der Waals surface area contributed by atoms with Gasteiger partial charge in [-0.1, -0.05) is 18.2 Å². The summed E-state index contributed by atoms with van der Waals surface area (Å²) in [4.78, 5) is 18.1. The fraction of sp³-hybridized carbons (Fsp3) is 0.286. The Morgan fingerprint density at radius 3 is 2.36 bits per heavy atom. The molecular formula is C21H24N6O. The summed E-state index contributed by atoms with van der Waals surface area (Å²) in [6.07, 6.45) is 3.63. The molecule has 4 rings (SSSR count). The van der Waals surface area contributed by atoms with Crippen molar-refractivity contribution in [2.75, 3.05) is 47.9 Å². The highest BCUT2D eigenvalue weighted by Crippen LogP contribution is 2.27. The van der Waals surface area contributed by atoms with Gasteiger partial charge in [-0.25, -0.2) is 9.97 Å². The van der Waals surface area contributed by atoms with Crippen LogP contribution in [0.5, 0.6) is 5.75 Å². The van der Waals surface area contributed by atoms with Crippen LogP contribution >= 0.6 is 0 Å². The van der Waals surface area contributed by atoms with E-state index >= 15 is 0 Å². The molecule has 1 aromatic carbocycles. The van der Waals surface area contributed by atoms with Crippen molar-refractivity contribution >= 4 is 23.3 Å². The second-order valence-corrected chi connectivity index (χ2v) is 6.45. The van der Waals surface area contributed by atoms with Crippen LogP contribution in [0.3, 0.4) is 0 Å². The van der Waals surface area contributed by atoms with Crippen molar-refractivity contribution in [1.82, 2.24) is 15.0 Å². The lowest BCUT2D eigenvalue weighted by molar-refractivity contribution is 0.342. The molecule has 0 radical (unpaired) electrons. The molecule has 28 heavy (non-hydrogen) atoms. The van der Waals surface area contributed by atoms with E-state index in [9.17, 15) is 0 Å². The van der Waals surface area contributed by atoms with Crippen molar-refractivity contribution in [2.24, 2.45) is 0 Å². The number of nitrogens with zero attached hydrogens (tertiary/aromatic N) is 5. The number of ether oxygens (including phenoxy) is 1. The molecule has 0 saturated carbocycles. The van der Waals surface area contributed by atoms with Gasteiger partial charge in [0, 0.05) is 38.6 Å². The quantitative estimate of drug-likeness (QED) is 0.708. The number of nitrogens with one attached hydrogen (secondary N) is 1. The zero-order valence-electron chi connectivity index (χ0n) is 16.0. The first-order valence-electron chi connectivity index (χ1n) is 9.56. The molecule has 1 aliphatic rings. The predicted octanol–water partition coefficient (Wildman–Crippen LogP) is 3.34. The first-order valence-corrected chi connectivity index (χ1v) is 9.56. The van der Waals surface area contributed by atoms with Gasteiger partial charge < -0.3 is 19.9 Å². The molecule has 1 aliphatic heterocycles. The van der Waals surface area contributed by atoms with Crippen molar-refractivity contribution in [1.29, 1.82) is 0 Å². The fourth-order valence-electron chi connectivity index (χ4n) is 3.26. The van der Waals surface area contributed by atoms with Gasteiger partial charge in [0.2, 0.25) is 5.95 Å². The van der Waals surface area contributed by atoms with Crippen molar-refractivity contribution < 1.29 is 4.74 Å². The minimum Gasteiger partial charge on any atom is -0.492 e. The van der Waals surface area contributed by atoms with Crippen LogP contribution in [0.25, 0.3) is 0 Å². The molecule has 3 aromatic rings. The number of piperazine rings is 1. The van der Waals surface area contributed by atoms with Crippen molar-refractivity contribution in [3.8, 4) is 5.75 Å². The van der Waals surface area contributed by atoms with E-state index in [4.69, 9.17) is 9.72 Å². The van der Waals surface area contributed by atoms with Crippen LogP contribution in [0.2, 0.25) is 0 Å². The second-order valence-electron chi connectivity index (χ2n) is 6.45. The monoisotopic (exact) mass is 376 g/mol. The van der Waals surface area contributed by atoms with Crippen LogP contribution in [0.15, 0.2) is 60.9 Å². The third-order valence-corrected chi connectivity index (χ3v) is 4.65. The molecular weight excluding hydrogens is 352 g/mol. The van der Waals surface area contributed by atoms with E-state index in [2.05, 4.69) is 31.2 Å². The molecule has 0 unspecified atom stereocenters. The smallest absolute Gasteiger partial charge is 0.229 e. The Hall–Kier alpha value is -3.35. The Balaban J connectivity index is 1.43. The van der Waals surface area contributed by atoms with Crippen LogP contribution in [0.1, 0.15) is 6.92 Å². The Kier molecular flexibility index (Phi) is 5.51. The second kappa shape index (κ2) is 8.56. The third-order valence-electron chi connectivity index (χ3n) is 4.65. The molecule has 2 aromatic heterocycles. The lowest BCUT2D eigenvalue weighted by atomic mass is 10.3. The topological polar surface area (TPSA) is 66.4 Å².